The lowest BCUT2D eigenvalue weighted by Crippen LogP contribution is -2.12. The van der Waals surface area contributed by atoms with Gasteiger partial charge in [-0.1, -0.05) is 83.1 Å². The van der Waals surface area contributed by atoms with Crippen molar-refractivity contribution in [1.29, 1.82) is 0 Å². The van der Waals surface area contributed by atoms with Crippen LogP contribution in [-0.2, 0) is 11.8 Å². The largest absolute Gasteiger partial charge is 0.0622 e. The molecule has 0 heteroatoms. The molecule has 0 atom stereocenters. The Kier molecular flexibility index (Phi) is 4.32. The summed E-state index contributed by atoms with van der Waals surface area (Å²) in [5.74, 6) is 0.572. The van der Waals surface area contributed by atoms with Crippen molar-refractivity contribution in [2.75, 3.05) is 0 Å². The summed E-state index contributed by atoms with van der Waals surface area (Å²) in [5, 5.41) is 0. The second-order valence-electron chi connectivity index (χ2n) is 6.98. The van der Waals surface area contributed by atoms with Crippen LogP contribution in [0, 0.1) is 0 Å². The van der Waals surface area contributed by atoms with Crippen LogP contribution in [0.15, 0.2) is 48.5 Å². The zero-order valence-corrected chi connectivity index (χ0v) is 13.4. The van der Waals surface area contributed by atoms with E-state index in [1.807, 2.05) is 0 Å². The molecule has 0 N–H and O–H groups in total. The van der Waals surface area contributed by atoms with Gasteiger partial charge in [-0.2, -0.15) is 0 Å². The first-order valence-corrected chi connectivity index (χ1v) is 7.55. The van der Waals surface area contributed by atoms with Crippen LogP contribution in [0.25, 0.3) is 0 Å². The van der Waals surface area contributed by atoms with Gasteiger partial charge in [0.05, 0.1) is 0 Å². The second kappa shape index (κ2) is 5.83. The minimum atomic E-state index is 0.209. The van der Waals surface area contributed by atoms with Crippen LogP contribution in [0.1, 0.15) is 62.8 Å². The molecule has 0 aliphatic heterocycles. The van der Waals surface area contributed by atoms with Gasteiger partial charge in [-0.25, -0.2) is 0 Å². The van der Waals surface area contributed by atoms with Crippen molar-refractivity contribution in [1.82, 2.24) is 0 Å². The van der Waals surface area contributed by atoms with Gasteiger partial charge in [-0.3, -0.25) is 0 Å². The fourth-order valence-corrected chi connectivity index (χ4v) is 2.60. The van der Waals surface area contributed by atoms with E-state index in [-0.39, 0.29) is 5.41 Å². The molecule has 2 aromatic carbocycles. The standard InChI is InChI=1S/C20H26/c1-15(2)19-12-11-18(20(3,4)5)14-17(19)13-16-9-7-6-8-10-16/h6-12,14-15H,13H2,1-5H3. The first kappa shape index (κ1) is 14.8. The SMILES string of the molecule is CC(C)c1ccc(C(C)(C)C)cc1Cc1ccccc1. The van der Waals surface area contributed by atoms with E-state index in [0.717, 1.165) is 6.42 Å². The maximum Gasteiger partial charge on any atom is -0.00228 e. The third kappa shape index (κ3) is 3.50. The van der Waals surface area contributed by atoms with Gasteiger partial charge in [0.1, 0.15) is 0 Å². The van der Waals surface area contributed by atoms with Crippen molar-refractivity contribution in [3.05, 3.63) is 70.8 Å². The maximum absolute atomic E-state index is 2.41. The summed E-state index contributed by atoms with van der Waals surface area (Å²) in [6.07, 6.45) is 1.03. The van der Waals surface area contributed by atoms with Gasteiger partial charge in [-0.15, -0.1) is 0 Å². The molecule has 0 aliphatic rings. The zero-order valence-electron chi connectivity index (χ0n) is 13.4. The van der Waals surface area contributed by atoms with E-state index < -0.39 is 0 Å². The van der Waals surface area contributed by atoms with Crippen LogP contribution in [0.4, 0.5) is 0 Å². The van der Waals surface area contributed by atoms with Gasteiger partial charge in [0.15, 0.2) is 0 Å². The van der Waals surface area contributed by atoms with Crippen LogP contribution in [-0.4, -0.2) is 0 Å². The van der Waals surface area contributed by atoms with Gasteiger partial charge in [0, 0.05) is 0 Å². The van der Waals surface area contributed by atoms with Gasteiger partial charge < -0.3 is 0 Å². The van der Waals surface area contributed by atoms with Crippen molar-refractivity contribution in [3.63, 3.8) is 0 Å². The molecule has 0 aliphatic carbocycles. The van der Waals surface area contributed by atoms with Crippen LogP contribution in [0.5, 0.6) is 0 Å². The molecular weight excluding hydrogens is 240 g/mol. The average Bonchev–Trinajstić information content (AvgIpc) is 2.38. The van der Waals surface area contributed by atoms with E-state index in [9.17, 15) is 0 Å². The predicted molar refractivity (Wildman–Crippen MR) is 88.5 cm³/mol. The lowest BCUT2D eigenvalue weighted by Gasteiger charge is -2.22. The van der Waals surface area contributed by atoms with E-state index in [1.165, 1.54) is 22.3 Å². The van der Waals surface area contributed by atoms with E-state index in [0.29, 0.717) is 5.92 Å². The van der Waals surface area contributed by atoms with Gasteiger partial charge in [0.25, 0.3) is 0 Å². The molecule has 0 amide bonds. The maximum atomic E-state index is 2.41. The lowest BCUT2D eigenvalue weighted by atomic mass is 9.82. The van der Waals surface area contributed by atoms with Gasteiger partial charge >= 0.3 is 0 Å². The van der Waals surface area contributed by atoms with Gasteiger partial charge in [-0.05, 0) is 40.0 Å². The topological polar surface area (TPSA) is 0 Å². The first-order chi connectivity index (χ1) is 9.38. The highest BCUT2D eigenvalue weighted by Gasteiger charge is 2.16. The zero-order chi connectivity index (χ0) is 14.8. The van der Waals surface area contributed by atoms with E-state index in [2.05, 4.69) is 83.1 Å². The summed E-state index contributed by atoms with van der Waals surface area (Å²) in [4.78, 5) is 0. The van der Waals surface area contributed by atoms with Gasteiger partial charge in [0.2, 0.25) is 0 Å². The summed E-state index contributed by atoms with van der Waals surface area (Å²) >= 11 is 0. The number of hydrogen-bond donors (Lipinski definition) is 0. The van der Waals surface area contributed by atoms with Crippen molar-refractivity contribution in [2.45, 2.75) is 52.4 Å². The van der Waals surface area contributed by atoms with Crippen molar-refractivity contribution in [2.24, 2.45) is 0 Å². The van der Waals surface area contributed by atoms with Crippen molar-refractivity contribution in [3.8, 4) is 0 Å². The summed E-state index contributed by atoms with van der Waals surface area (Å²) in [7, 11) is 0. The normalized spacial score (nSPS) is 11.9. The molecule has 0 heterocycles. The molecule has 0 saturated heterocycles. The quantitative estimate of drug-likeness (QED) is 0.668. The Bertz CT molecular complexity index is 556. The number of rotatable bonds is 3. The molecule has 0 aromatic heterocycles. The average molecular weight is 266 g/mol. The first-order valence-electron chi connectivity index (χ1n) is 7.55. The molecule has 106 valence electrons. The molecule has 0 bridgehead atoms. The molecule has 2 rings (SSSR count). The molecule has 2 aromatic rings. The molecule has 0 radical (unpaired) electrons. The fourth-order valence-electron chi connectivity index (χ4n) is 2.60. The summed E-state index contributed by atoms with van der Waals surface area (Å²) in [5.41, 5.74) is 5.97. The Hall–Kier alpha value is -1.56. The highest BCUT2D eigenvalue weighted by molar-refractivity contribution is 5.39. The fraction of sp³-hybridized carbons (Fsp3) is 0.400. The van der Waals surface area contributed by atoms with Crippen molar-refractivity contribution >= 4 is 0 Å². The molecule has 0 nitrogen and oxygen atoms in total. The Morgan fingerprint density at radius 3 is 2.10 bits per heavy atom. The molecule has 0 unspecified atom stereocenters. The number of hydrogen-bond acceptors (Lipinski definition) is 0. The summed E-state index contributed by atoms with van der Waals surface area (Å²) in [6.45, 7) is 11.4. The second-order valence-corrected chi connectivity index (χ2v) is 6.98. The Balaban J connectivity index is 2.42. The Labute approximate surface area is 123 Å². The molecule has 20 heavy (non-hydrogen) atoms. The third-order valence-electron chi connectivity index (χ3n) is 3.87. The summed E-state index contributed by atoms with van der Waals surface area (Å²) in [6, 6.07) is 17.8. The smallest absolute Gasteiger partial charge is 0.00228 e. The molecule has 0 fully saturated rings. The van der Waals surface area contributed by atoms with E-state index >= 15 is 0 Å². The summed E-state index contributed by atoms with van der Waals surface area (Å²) < 4.78 is 0. The molecule has 0 spiro atoms. The minimum absolute atomic E-state index is 0.209. The van der Waals surface area contributed by atoms with Crippen molar-refractivity contribution < 1.29 is 0 Å². The van der Waals surface area contributed by atoms with Crippen LogP contribution < -0.4 is 0 Å². The van der Waals surface area contributed by atoms with Crippen LogP contribution in [0.2, 0.25) is 0 Å². The van der Waals surface area contributed by atoms with E-state index in [1.54, 1.807) is 0 Å². The van der Waals surface area contributed by atoms with Crippen LogP contribution >= 0.6 is 0 Å². The molecule has 0 saturated carbocycles. The van der Waals surface area contributed by atoms with E-state index in [4.69, 9.17) is 0 Å². The van der Waals surface area contributed by atoms with Crippen LogP contribution in [0.3, 0.4) is 0 Å². The monoisotopic (exact) mass is 266 g/mol. The lowest BCUT2D eigenvalue weighted by molar-refractivity contribution is 0.588. The highest BCUT2D eigenvalue weighted by atomic mass is 14.2. The minimum Gasteiger partial charge on any atom is -0.0622 e. The Morgan fingerprint density at radius 1 is 0.900 bits per heavy atom. The highest BCUT2D eigenvalue weighted by Crippen LogP contribution is 2.29. The Morgan fingerprint density at radius 2 is 1.55 bits per heavy atom. The third-order valence-corrected chi connectivity index (χ3v) is 3.87. The number of benzene rings is 2. The molecular formula is C20H26. The predicted octanol–water partition coefficient (Wildman–Crippen LogP) is 5.70.